The molecule has 0 unspecified atom stereocenters. The summed E-state index contributed by atoms with van der Waals surface area (Å²) in [5, 5.41) is 0. The van der Waals surface area contributed by atoms with E-state index < -0.39 is 33.6 Å². The largest absolute Gasteiger partial charge is 0.465 e. The van der Waals surface area contributed by atoms with E-state index in [-0.39, 0.29) is 38.4 Å². The molecule has 0 saturated heterocycles. The van der Waals surface area contributed by atoms with E-state index in [1.807, 2.05) is 27.7 Å². The monoisotopic (exact) mass is 532 g/mol. The van der Waals surface area contributed by atoms with Gasteiger partial charge in [0.15, 0.2) is 0 Å². The zero-order valence-electron chi connectivity index (χ0n) is 23.8. The van der Waals surface area contributed by atoms with E-state index in [1.165, 1.54) is 12.2 Å². The Morgan fingerprint density at radius 3 is 1.34 bits per heavy atom. The van der Waals surface area contributed by atoms with Crippen LogP contribution in [-0.4, -0.2) is 50.3 Å². The Kier molecular flexibility index (Phi) is 9.15. The van der Waals surface area contributed by atoms with Gasteiger partial charge in [-0.2, -0.15) is 0 Å². The predicted molar refractivity (Wildman–Crippen MR) is 141 cm³/mol. The number of carbonyl (C=O) groups is 4. The average molecular weight is 533 g/mol. The van der Waals surface area contributed by atoms with Crippen molar-refractivity contribution in [2.75, 3.05) is 26.4 Å². The molecular weight excluding hydrogens is 488 g/mol. The minimum atomic E-state index is -0.682. The molecule has 0 atom stereocenters. The second-order valence-corrected chi connectivity index (χ2v) is 13.2. The van der Waals surface area contributed by atoms with Crippen molar-refractivity contribution in [2.45, 2.75) is 80.1 Å². The van der Waals surface area contributed by atoms with E-state index in [9.17, 15) is 19.2 Å². The molecule has 8 nitrogen and oxygen atoms in total. The van der Waals surface area contributed by atoms with Crippen molar-refractivity contribution in [3.8, 4) is 0 Å². The highest BCUT2D eigenvalue weighted by Gasteiger charge is 2.64. The highest BCUT2D eigenvalue weighted by Crippen LogP contribution is 2.66. The third-order valence-corrected chi connectivity index (χ3v) is 7.93. The number of rotatable bonds is 12. The van der Waals surface area contributed by atoms with E-state index in [1.54, 1.807) is 26.0 Å². The summed E-state index contributed by atoms with van der Waals surface area (Å²) in [6.07, 6.45) is 10.4. The Hall–Kier alpha value is -2.64. The molecule has 4 fully saturated rings. The lowest BCUT2D eigenvalue weighted by atomic mass is 9.44. The van der Waals surface area contributed by atoms with Gasteiger partial charge >= 0.3 is 23.9 Å². The number of hydrogen-bond donors (Lipinski definition) is 0. The summed E-state index contributed by atoms with van der Waals surface area (Å²) in [5.41, 5.74) is -2.43. The van der Waals surface area contributed by atoms with Crippen molar-refractivity contribution >= 4 is 23.9 Å². The molecule has 8 heteroatoms. The van der Waals surface area contributed by atoms with Gasteiger partial charge in [0, 0.05) is 23.0 Å². The summed E-state index contributed by atoms with van der Waals surface area (Å²) in [6.45, 7) is 11.6. The van der Waals surface area contributed by atoms with Crippen LogP contribution in [0.1, 0.15) is 80.1 Å². The first kappa shape index (κ1) is 29.9. The molecule has 0 heterocycles. The van der Waals surface area contributed by atoms with Crippen LogP contribution in [0.15, 0.2) is 24.3 Å². The van der Waals surface area contributed by atoms with E-state index in [4.69, 9.17) is 18.9 Å². The SMILES string of the molecule is CC=CC(=O)OCC(C)(C)COC(=O)C12CC3CC(C1)CC(C(=O)OCC(C)(C)COC(=O)C=CC)(C3)C2. The Labute approximate surface area is 226 Å². The van der Waals surface area contributed by atoms with Crippen molar-refractivity contribution in [3.63, 3.8) is 0 Å². The van der Waals surface area contributed by atoms with Gasteiger partial charge in [0.25, 0.3) is 0 Å². The van der Waals surface area contributed by atoms with Crippen LogP contribution in [0.2, 0.25) is 0 Å². The van der Waals surface area contributed by atoms with Crippen LogP contribution >= 0.6 is 0 Å². The van der Waals surface area contributed by atoms with Crippen LogP contribution in [0.3, 0.4) is 0 Å². The first-order chi connectivity index (χ1) is 17.7. The summed E-state index contributed by atoms with van der Waals surface area (Å²) in [4.78, 5) is 50.4. The third-order valence-electron chi connectivity index (χ3n) is 7.93. The molecule has 4 bridgehead atoms. The highest BCUT2D eigenvalue weighted by molar-refractivity contribution is 5.83. The lowest BCUT2D eigenvalue weighted by Crippen LogP contribution is -2.58. The van der Waals surface area contributed by atoms with Gasteiger partial charge in [-0.1, -0.05) is 39.8 Å². The summed E-state index contributed by atoms with van der Waals surface area (Å²) >= 11 is 0. The Balaban J connectivity index is 1.61. The molecule has 0 aromatic rings. The number of carbonyl (C=O) groups excluding carboxylic acids is 4. The van der Waals surface area contributed by atoms with Gasteiger partial charge in [0.05, 0.1) is 37.3 Å². The van der Waals surface area contributed by atoms with Gasteiger partial charge in [-0.15, -0.1) is 0 Å². The molecule has 0 spiro atoms. The van der Waals surface area contributed by atoms with Crippen molar-refractivity contribution in [1.29, 1.82) is 0 Å². The minimum Gasteiger partial charge on any atom is -0.465 e. The lowest BCUT2D eigenvalue weighted by molar-refractivity contribution is -0.197. The Morgan fingerprint density at radius 2 is 1.00 bits per heavy atom. The molecule has 0 radical (unpaired) electrons. The van der Waals surface area contributed by atoms with Gasteiger partial charge in [0.2, 0.25) is 0 Å². The van der Waals surface area contributed by atoms with Crippen LogP contribution in [0.25, 0.3) is 0 Å². The zero-order chi connectivity index (χ0) is 28.2. The molecule has 4 saturated carbocycles. The molecule has 4 aliphatic rings. The number of hydrogen-bond acceptors (Lipinski definition) is 8. The Bertz CT molecular complexity index is 885. The summed E-state index contributed by atoms with van der Waals surface area (Å²) < 4.78 is 22.2. The fourth-order valence-electron chi connectivity index (χ4n) is 6.55. The maximum atomic E-state index is 13.5. The van der Waals surface area contributed by atoms with E-state index in [2.05, 4.69) is 0 Å². The van der Waals surface area contributed by atoms with Crippen molar-refractivity contribution in [3.05, 3.63) is 24.3 Å². The van der Waals surface area contributed by atoms with Crippen molar-refractivity contribution < 1.29 is 38.1 Å². The molecule has 0 N–H and O–H groups in total. The van der Waals surface area contributed by atoms with E-state index in [0.717, 1.165) is 32.1 Å². The fourth-order valence-corrected chi connectivity index (χ4v) is 6.55. The van der Waals surface area contributed by atoms with Gasteiger partial charge in [-0.25, -0.2) is 9.59 Å². The molecule has 0 aromatic carbocycles. The highest BCUT2D eigenvalue weighted by atomic mass is 16.6. The second kappa shape index (κ2) is 11.6. The fraction of sp³-hybridized carbons (Fsp3) is 0.733. The normalized spacial score (nSPS) is 28.5. The van der Waals surface area contributed by atoms with E-state index >= 15 is 0 Å². The molecule has 0 aromatic heterocycles. The molecule has 212 valence electrons. The first-order valence-corrected chi connectivity index (χ1v) is 13.7. The first-order valence-electron chi connectivity index (χ1n) is 13.7. The maximum Gasteiger partial charge on any atom is 0.330 e. The van der Waals surface area contributed by atoms with E-state index in [0.29, 0.717) is 18.3 Å². The zero-order valence-corrected chi connectivity index (χ0v) is 23.8. The molecular formula is C30H44O8. The Morgan fingerprint density at radius 1 is 0.658 bits per heavy atom. The smallest absolute Gasteiger partial charge is 0.330 e. The molecule has 38 heavy (non-hydrogen) atoms. The van der Waals surface area contributed by atoms with Crippen LogP contribution in [0.5, 0.6) is 0 Å². The quantitative estimate of drug-likeness (QED) is 0.198. The van der Waals surface area contributed by atoms with Gasteiger partial charge in [-0.05, 0) is 64.2 Å². The second-order valence-electron chi connectivity index (χ2n) is 13.2. The van der Waals surface area contributed by atoms with Gasteiger partial charge < -0.3 is 18.9 Å². The molecule has 4 aliphatic carbocycles. The average Bonchev–Trinajstić information content (AvgIpc) is 2.83. The third kappa shape index (κ3) is 7.26. The minimum absolute atomic E-state index is 0.129. The van der Waals surface area contributed by atoms with Crippen molar-refractivity contribution in [2.24, 2.45) is 33.5 Å². The van der Waals surface area contributed by atoms with Crippen LogP contribution in [0, 0.1) is 33.5 Å². The summed E-state index contributed by atoms with van der Waals surface area (Å²) in [6, 6.07) is 0. The number of allylic oxidation sites excluding steroid dienone is 2. The predicted octanol–water partition coefficient (Wildman–Crippen LogP) is 4.95. The van der Waals surface area contributed by atoms with Crippen LogP contribution < -0.4 is 0 Å². The maximum absolute atomic E-state index is 13.5. The van der Waals surface area contributed by atoms with Gasteiger partial charge in [0.1, 0.15) is 0 Å². The topological polar surface area (TPSA) is 105 Å². The van der Waals surface area contributed by atoms with Crippen LogP contribution in [0.4, 0.5) is 0 Å². The molecule has 4 rings (SSSR count). The molecule has 0 aliphatic heterocycles. The van der Waals surface area contributed by atoms with Gasteiger partial charge in [-0.3, -0.25) is 9.59 Å². The molecule has 0 amide bonds. The summed E-state index contributed by atoms with van der Waals surface area (Å²) in [5.74, 6) is -0.775. The summed E-state index contributed by atoms with van der Waals surface area (Å²) in [7, 11) is 0. The van der Waals surface area contributed by atoms with Crippen LogP contribution in [-0.2, 0) is 38.1 Å². The number of ether oxygens (including phenoxy) is 4. The van der Waals surface area contributed by atoms with Crippen molar-refractivity contribution in [1.82, 2.24) is 0 Å². The number of esters is 4. The lowest BCUT2D eigenvalue weighted by Gasteiger charge is -2.59. The standard InChI is InChI=1S/C30H44O8/c1-7-9-23(31)35-17-27(3,4)19-37-25(33)29-12-21-11-22(13-29)15-30(14-21,16-29)26(34)38-20-28(5,6)18-36-24(32)10-8-2/h7-10,21-22H,11-20H2,1-6H3.